The van der Waals surface area contributed by atoms with Crippen molar-refractivity contribution in [2.24, 2.45) is 0 Å². The van der Waals surface area contributed by atoms with Crippen LogP contribution < -0.4 is 5.32 Å². The zero-order chi connectivity index (χ0) is 9.10. The van der Waals surface area contributed by atoms with Crippen LogP contribution in [0.2, 0.25) is 0 Å². The molecule has 1 unspecified atom stereocenters. The molecule has 0 aliphatic carbocycles. The maximum absolute atomic E-state index is 3.41. The molecule has 0 saturated carbocycles. The first kappa shape index (κ1) is 8.11. The Morgan fingerprint density at radius 2 is 1.92 bits per heavy atom. The molecule has 2 rings (SSSR count). The van der Waals surface area contributed by atoms with Gasteiger partial charge in [0.25, 0.3) is 0 Å². The first-order chi connectivity index (χ1) is 6.36. The monoisotopic (exact) mass is 171 g/mol. The third-order valence-corrected chi connectivity index (χ3v) is 2.19. The van der Waals surface area contributed by atoms with Crippen molar-refractivity contribution >= 4 is 0 Å². The van der Waals surface area contributed by atoms with Crippen LogP contribution in [0.1, 0.15) is 18.5 Å². The highest BCUT2D eigenvalue weighted by Gasteiger charge is 2.08. The number of dihydropyridines is 1. The summed E-state index contributed by atoms with van der Waals surface area (Å²) in [4.78, 5) is 0. The molecule has 0 aromatic heterocycles. The second-order valence-electron chi connectivity index (χ2n) is 3.27. The summed E-state index contributed by atoms with van der Waals surface area (Å²) in [7, 11) is 0. The SMILES string of the molecule is CC1=CC=CC(c2ccccc2)N1. The predicted molar refractivity (Wildman–Crippen MR) is 55.2 cm³/mol. The average Bonchev–Trinajstić information content (AvgIpc) is 2.19. The topological polar surface area (TPSA) is 12.0 Å². The van der Waals surface area contributed by atoms with Crippen LogP contribution in [0, 0.1) is 0 Å². The number of hydrogen-bond acceptors (Lipinski definition) is 1. The summed E-state index contributed by atoms with van der Waals surface area (Å²) in [5.41, 5.74) is 2.53. The fourth-order valence-corrected chi connectivity index (χ4v) is 1.51. The summed E-state index contributed by atoms with van der Waals surface area (Å²) >= 11 is 0. The van der Waals surface area contributed by atoms with Crippen LogP contribution in [-0.2, 0) is 0 Å². The van der Waals surface area contributed by atoms with E-state index in [2.05, 4.69) is 54.7 Å². The van der Waals surface area contributed by atoms with Crippen LogP contribution in [0.4, 0.5) is 0 Å². The lowest BCUT2D eigenvalue weighted by molar-refractivity contribution is 0.705. The molecule has 0 bridgehead atoms. The van der Waals surface area contributed by atoms with Crippen molar-refractivity contribution in [2.75, 3.05) is 0 Å². The first-order valence-corrected chi connectivity index (χ1v) is 4.53. The molecule has 1 heteroatoms. The lowest BCUT2D eigenvalue weighted by Gasteiger charge is -2.19. The number of hydrogen-bond donors (Lipinski definition) is 1. The van der Waals surface area contributed by atoms with E-state index in [0.29, 0.717) is 6.04 Å². The minimum Gasteiger partial charge on any atom is -0.378 e. The van der Waals surface area contributed by atoms with Crippen LogP contribution in [0.15, 0.2) is 54.3 Å². The molecule has 1 aromatic rings. The molecule has 1 aromatic carbocycles. The van der Waals surface area contributed by atoms with Gasteiger partial charge in [-0.05, 0) is 18.6 Å². The lowest BCUT2D eigenvalue weighted by Crippen LogP contribution is -2.19. The highest BCUT2D eigenvalue weighted by molar-refractivity contribution is 5.29. The van der Waals surface area contributed by atoms with E-state index >= 15 is 0 Å². The molecule has 13 heavy (non-hydrogen) atoms. The highest BCUT2D eigenvalue weighted by Crippen LogP contribution is 2.18. The largest absolute Gasteiger partial charge is 0.378 e. The van der Waals surface area contributed by atoms with Crippen LogP contribution >= 0.6 is 0 Å². The van der Waals surface area contributed by atoms with Crippen LogP contribution in [0.5, 0.6) is 0 Å². The second-order valence-corrected chi connectivity index (χ2v) is 3.27. The van der Waals surface area contributed by atoms with Gasteiger partial charge < -0.3 is 5.32 Å². The molecule has 1 atom stereocenters. The third-order valence-electron chi connectivity index (χ3n) is 2.19. The van der Waals surface area contributed by atoms with Gasteiger partial charge in [0.15, 0.2) is 0 Å². The molecule has 1 nitrogen and oxygen atoms in total. The zero-order valence-electron chi connectivity index (χ0n) is 7.70. The summed E-state index contributed by atoms with van der Waals surface area (Å²) in [6.07, 6.45) is 6.35. The van der Waals surface area contributed by atoms with Crippen molar-refractivity contribution in [3.8, 4) is 0 Å². The maximum atomic E-state index is 3.41. The summed E-state index contributed by atoms with van der Waals surface area (Å²) in [5, 5.41) is 3.41. The molecule has 1 aliphatic heterocycles. The van der Waals surface area contributed by atoms with Gasteiger partial charge >= 0.3 is 0 Å². The van der Waals surface area contributed by atoms with Crippen molar-refractivity contribution in [3.05, 3.63) is 59.8 Å². The number of benzene rings is 1. The standard InChI is InChI=1S/C12H13N/c1-10-6-5-9-12(13-10)11-7-3-2-4-8-11/h2-9,12-13H,1H3. The van der Waals surface area contributed by atoms with E-state index in [-0.39, 0.29) is 0 Å². The third kappa shape index (κ3) is 1.81. The van der Waals surface area contributed by atoms with Crippen molar-refractivity contribution in [1.29, 1.82) is 0 Å². The molecule has 1 heterocycles. The Morgan fingerprint density at radius 3 is 2.62 bits per heavy atom. The van der Waals surface area contributed by atoms with Crippen molar-refractivity contribution in [3.63, 3.8) is 0 Å². The Kier molecular flexibility index (Phi) is 2.17. The first-order valence-electron chi connectivity index (χ1n) is 4.53. The molecule has 1 N–H and O–H groups in total. The van der Waals surface area contributed by atoms with E-state index in [0.717, 1.165) is 0 Å². The average molecular weight is 171 g/mol. The van der Waals surface area contributed by atoms with Gasteiger partial charge in [-0.2, -0.15) is 0 Å². The van der Waals surface area contributed by atoms with E-state index < -0.39 is 0 Å². The molecule has 0 spiro atoms. The Bertz CT molecular complexity index is 335. The number of rotatable bonds is 1. The summed E-state index contributed by atoms with van der Waals surface area (Å²) < 4.78 is 0. The van der Waals surface area contributed by atoms with Gasteiger partial charge in [0.2, 0.25) is 0 Å². The molecular formula is C12H13N. The van der Waals surface area contributed by atoms with Gasteiger partial charge in [0, 0.05) is 5.70 Å². The van der Waals surface area contributed by atoms with Gasteiger partial charge in [-0.15, -0.1) is 0 Å². The minimum atomic E-state index is 0.339. The Labute approximate surface area is 78.8 Å². The van der Waals surface area contributed by atoms with Crippen LogP contribution in [-0.4, -0.2) is 0 Å². The molecule has 1 aliphatic rings. The molecule has 0 radical (unpaired) electrons. The van der Waals surface area contributed by atoms with E-state index in [1.54, 1.807) is 0 Å². The molecule has 0 saturated heterocycles. The summed E-state index contributed by atoms with van der Waals surface area (Å²) in [5.74, 6) is 0. The van der Waals surface area contributed by atoms with Gasteiger partial charge in [-0.1, -0.05) is 42.5 Å². The van der Waals surface area contributed by atoms with Crippen molar-refractivity contribution in [1.82, 2.24) is 5.32 Å². The second kappa shape index (κ2) is 3.48. The fraction of sp³-hybridized carbons (Fsp3) is 0.167. The van der Waals surface area contributed by atoms with Crippen LogP contribution in [0.25, 0.3) is 0 Å². The van der Waals surface area contributed by atoms with Crippen molar-refractivity contribution < 1.29 is 0 Å². The van der Waals surface area contributed by atoms with E-state index in [4.69, 9.17) is 0 Å². The summed E-state index contributed by atoms with van der Waals surface area (Å²) in [6, 6.07) is 10.8. The molecule has 0 amide bonds. The van der Waals surface area contributed by atoms with E-state index in [1.165, 1.54) is 11.3 Å². The zero-order valence-corrected chi connectivity index (χ0v) is 7.70. The van der Waals surface area contributed by atoms with Gasteiger partial charge in [0.05, 0.1) is 6.04 Å². The van der Waals surface area contributed by atoms with E-state index in [9.17, 15) is 0 Å². The Balaban J connectivity index is 2.21. The molecule has 66 valence electrons. The van der Waals surface area contributed by atoms with E-state index in [1.807, 2.05) is 6.07 Å². The molecular weight excluding hydrogens is 158 g/mol. The number of nitrogens with one attached hydrogen (secondary N) is 1. The smallest absolute Gasteiger partial charge is 0.0697 e. The van der Waals surface area contributed by atoms with Gasteiger partial charge in [0.1, 0.15) is 0 Å². The molecule has 0 fully saturated rings. The van der Waals surface area contributed by atoms with Gasteiger partial charge in [-0.25, -0.2) is 0 Å². The quantitative estimate of drug-likeness (QED) is 0.685. The van der Waals surface area contributed by atoms with Crippen LogP contribution in [0.3, 0.4) is 0 Å². The normalized spacial score (nSPS) is 20.7. The predicted octanol–water partition coefficient (Wildman–Crippen LogP) is 2.79. The summed E-state index contributed by atoms with van der Waals surface area (Å²) in [6.45, 7) is 2.08. The number of allylic oxidation sites excluding steroid dienone is 3. The fourth-order valence-electron chi connectivity index (χ4n) is 1.51. The maximum Gasteiger partial charge on any atom is 0.0697 e. The Hall–Kier alpha value is -1.50. The highest BCUT2D eigenvalue weighted by atomic mass is 14.9. The van der Waals surface area contributed by atoms with Gasteiger partial charge in [-0.3, -0.25) is 0 Å². The lowest BCUT2D eigenvalue weighted by atomic mass is 10.0. The Morgan fingerprint density at radius 1 is 1.15 bits per heavy atom. The van der Waals surface area contributed by atoms with Crippen molar-refractivity contribution in [2.45, 2.75) is 13.0 Å². The minimum absolute atomic E-state index is 0.339.